The second-order valence-corrected chi connectivity index (χ2v) is 6.44. The molecule has 0 saturated heterocycles. The quantitative estimate of drug-likeness (QED) is 0.828. The van der Waals surface area contributed by atoms with Crippen molar-refractivity contribution in [3.8, 4) is 0 Å². The van der Waals surface area contributed by atoms with E-state index in [2.05, 4.69) is 4.99 Å². The zero-order valence-corrected chi connectivity index (χ0v) is 12.6. The van der Waals surface area contributed by atoms with Gasteiger partial charge in [-0.2, -0.15) is 4.99 Å². The third kappa shape index (κ3) is 2.45. The minimum atomic E-state index is -0.0176. The summed E-state index contributed by atoms with van der Waals surface area (Å²) in [5.41, 5.74) is 0.904. The molecule has 1 heterocycles. The topological polar surface area (TPSA) is 34.4 Å². The van der Waals surface area contributed by atoms with Crippen molar-refractivity contribution >= 4 is 50.7 Å². The molecule has 0 bridgehead atoms. The van der Waals surface area contributed by atoms with Gasteiger partial charge < -0.3 is 4.57 Å². The maximum atomic E-state index is 11.8. The molecule has 3 rings (SSSR count). The average molecular weight is 315 g/mol. The molecule has 1 aromatic carbocycles. The number of hydrogen-bond donors (Lipinski definition) is 0. The highest BCUT2D eigenvalue weighted by Gasteiger charge is 2.29. The summed E-state index contributed by atoms with van der Waals surface area (Å²) in [6.07, 6.45) is 1.93. The molecular formula is C13H12Cl2N2OS. The molecule has 1 aliphatic carbocycles. The summed E-state index contributed by atoms with van der Waals surface area (Å²) in [6.45, 7) is 2.73. The fourth-order valence-corrected chi connectivity index (χ4v) is 3.91. The van der Waals surface area contributed by atoms with Crippen LogP contribution in [0.2, 0.25) is 10.0 Å². The fraction of sp³-hybridized carbons (Fsp3) is 0.385. The van der Waals surface area contributed by atoms with Gasteiger partial charge in [0.2, 0.25) is 0 Å². The largest absolute Gasteiger partial charge is 0.315 e. The van der Waals surface area contributed by atoms with Crippen LogP contribution in [0.15, 0.2) is 17.1 Å². The van der Waals surface area contributed by atoms with E-state index in [1.165, 1.54) is 11.3 Å². The third-order valence-electron chi connectivity index (χ3n) is 3.14. The van der Waals surface area contributed by atoms with Crippen LogP contribution in [0.25, 0.3) is 10.2 Å². The summed E-state index contributed by atoms with van der Waals surface area (Å²) in [5.74, 6) is 0.116. The van der Waals surface area contributed by atoms with Gasteiger partial charge in [-0.25, -0.2) is 0 Å². The number of carbonyl (C=O) groups excluding carboxylic acids is 1. The van der Waals surface area contributed by atoms with Gasteiger partial charge in [-0.3, -0.25) is 4.79 Å². The maximum absolute atomic E-state index is 11.8. The molecule has 19 heavy (non-hydrogen) atoms. The molecule has 100 valence electrons. The Morgan fingerprint density at radius 2 is 2.21 bits per heavy atom. The lowest BCUT2D eigenvalue weighted by molar-refractivity contribution is -0.119. The number of carbonyl (C=O) groups is 1. The molecule has 1 aromatic heterocycles. The van der Waals surface area contributed by atoms with Crippen LogP contribution in [0.3, 0.4) is 0 Å². The number of amides is 1. The van der Waals surface area contributed by atoms with Crippen molar-refractivity contribution in [3.05, 3.63) is 27.0 Å². The summed E-state index contributed by atoms with van der Waals surface area (Å²) < 4.78 is 2.93. The minimum absolute atomic E-state index is 0.0176. The molecule has 0 aliphatic heterocycles. The van der Waals surface area contributed by atoms with Crippen LogP contribution in [0.1, 0.15) is 19.8 Å². The third-order valence-corrected chi connectivity index (χ3v) is 4.68. The van der Waals surface area contributed by atoms with Crippen molar-refractivity contribution in [2.75, 3.05) is 0 Å². The maximum Gasteiger partial charge on any atom is 0.251 e. The van der Waals surface area contributed by atoms with Crippen molar-refractivity contribution in [1.29, 1.82) is 0 Å². The van der Waals surface area contributed by atoms with Gasteiger partial charge in [0.15, 0.2) is 4.80 Å². The highest BCUT2D eigenvalue weighted by molar-refractivity contribution is 7.16. The Hall–Kier alpha value is -0.840. The van der Waals surface area contributed by atoms with Crippen LogP contribution in [0, 0.1) is 5.92 Å². The Labute approximate surface area is 124 Å². The van der Waals surface area contributed by atoms with Gasteiger partial charge in [0.1, 0.15) is 0 Å². The van der Waals surface area contributed by atoms with Gasteiger partial charge in [0, 0.05) is 17.5 Å². The van der Waals surface area contributed by atoms with E-state index in [1.807, 2.05) is 17.6 Å². The second kappa shape index (κ2) is 4.93. The summed E-state index contributed by atoms with van der Waals surface area (Å²) in [6, 6.07) is 3.58. The van der Waals surface area contributed by atoms with Crippen LogP contribution in [0.4, 0.5) is 0 Å². The van der Waals surface area contributed by atoms with Crippen LogP contribution in [-0.2, 0) is 11.3 Å². The molecule has 3 nitrogen and oxygen atoms in total. The summed E-state index contributed by atoms with van der Waals surface area (Å²) >= 11 is 13.7. The number of aromatic nitrogens is 1. The van der Waals surface area contributed by atoms with Gasteiger partial charge >= 0.3 is 0 Å². The highest BCUT2D eigenvalue weighted by atomic mass is 35.5. The molecule has 0 spiro atoms. The van der Waals surface area contributed by atoms with Crippen molar-refractivity contribution in [2.45, 2.75) is 26.3 Å². The highest BCUT2D eigenvalue weighted by Crippen LogP contribution is 2.31. The van der Waals surface area contributed by atoms with E-state index in [1.54, 1.807) is 6.07 Å². The zero-order chi connectivity index (χ0) is 13.6. The predicted octanol–water partition coefficient (Wildman–Crippen LogP) is 3.87. The normalized spacial score (nSPS) is 16.3. The summed E-state index contributed by atoms with van der Waals surface area (Å²) in [7, 11) is 0. The number of thiazole rings is 1. The van der Waals surface area contributed by atoms with E-state index < -0.39 is 0 Å². The molecule has 0 N–H and O–H groups in total. The average Bonchev–Trinajstić information content (AvgIpc) is 3.12. The van der Waals surface area contributed by atoms with Gasteiger partial charge in [-0.15, -0.1) is 0 Å². The van der Waals surface area contributed by atoms with Crippen molar-refractivity contribution in [3.63, 3.8) is 0 Å². The zero-order valence-electron chi connectivity index (χ0n) is 10.3. The lowest BCUT2D eigenvalue weighted by Gasteiger charge is -2.02. The van der Waals surface area contributed by atoms with Crippen LogP contribution in [0.5, 0.6) is 0 Å². The summed E-state index contributed by atoms with van der Waals surface area (Å²) in [4.78, 5) is 16.8. The standard InChI is InChI=1S/C13H12Cl2N2OS/c1-2-17-11-9(15)5-8(14)6-10(11)19-13(17)16-12(18)7-3-4-7/h5-7H,2-4H2,1H3. The first-order chi connectivity index (χ1) is 9.10. The fourth-order valence-electron chi connectivity index (χ4n) is 2.02. The first-order valence-corrected chi connectivity index (χ1v) is 7.74. The van der Waals surface area contributed by atoms with E-state index in [-0.39, 0.29) is 11.8 Å². The molecule has 0 atom stereocenters. The van der Waals surface area contributed by atoms with E-state index >= 15 is 0 Å². The smallest absolute Gasteiger partial charge is 0.251 e. The van der Waals surface area contributed by atoms with Crippen molar-refractivity contribution in [2.24, 2.45) is 10.9 Å². The number of nitrogens with zero attached hydrogens (tertiary/aromatic N) is 2. The van der Waals surface area contributed by atoms with Crippen LogP contribution in [-0.4, -0.2) is 10.5 Å². The van der Waals surface area contributed by atoms with E-state index in [0.717, 1.165) is 29.6 Å². The Morgan fingerprint density at radius 1 is 1.47 bits per heavy atom. The van der Waals surface area contributed by atoms with Crippen LogP contribution >= 0.6 is 34.5 Å². The first kappa shape index (κ1) is 13.2. The van der Waals surface area contributed by atoms with Gasteiger partial charge in [0.25, 0.3) is 5.91 Å². The Bertz CT molecular complexity index is 728. The number of fused-ring (bicyclic) bond motifs is 1. The van der Waals surface area contributed by atoms with E-state index in [4.69, 9.17) is 23.2 Å². The van der Waals surface area contributed by atoms with Gasteiger partial charge in [-0.1, -0.05) is 34.5 Å². The minimum Gasteiger partial charge on any atom is -0.315 e. The second-order valence-electron chi connectivity index (χ2n) is 4.59. The molecule has 0 unspecified atom stereocenters. The van der Waals surface area contributed by atoms with E-state index in [9.17, 15) is 4.79 Å². The SMILES string of the molecule is CCn1c(=NC(=O)C2CC2)sc2cc(Cl)cc(Cl)c21. The lowest BCUT2D eigenvalue weighted by atomic mass is 10.3. The Kier molecular flexibility index (Phi) is 3.41. The number of hydrogen-bond acceptors (Lipinski definition) is 2. The first-order valence-electron chi connectivity index (χ1n) is 6.17. The molecular weight excluding hydrogens is 303 g/mol. The molecule has 1 fully saturated rings. The van der Waals surface area contributed by atoms with Crippen molar-refractivity contribution < 1.29 is 4.79 Å². The number of halogens is 2. The monoisotopic (exact) mass is 314 g/mol. The molecule has 1 saturated carbocycles. The molecule has 6 heteroatoms. The molecule has 1 aliphatic rings. The Balaban J connectivity index is 2.24. The van der Waals surface area contributed by atoms with Gasteiger partial charge in [-0.05, 0) is 31.9 Å². The van der Waals surface area contributed by atoms with Crippen molar-refractivity contribution in [1.82, 2.24) is 4.57 Å². The number of rotatable bonds is 2. The summed E-state index contributed by atoms with van der Waals surface area (Å²) in [5, 5.41) is 1.20. The number of benzene rings is 1. The molecule has 0 radical (unpaired) electrons. The number of aryl methyl sites for hydroxylation is 1. The van der Waals surface area contributed by atoms with Crippen LogP contribution < -0.4 is 4.80 Å². The lowest BCUT2D eigenvalue weighted by Crippen LogP contribution is -2.16. The Morgan fingerprint density at radius 3 is 2.84 bits per heavy atom. The van der Waals surface area contributed by atoms with Gasteiger partial charge in [0.05, 0.1) is 15.2 Å². The molecule has 1 amide bonds. The predicted molar refractivity (Wildman–Crippen MR) is 78.8 cm³/mol. The van der Waals surface area contributed by atoms with E-state index in [0.29, 0.717) is 14.8 Å². The molecule has 2 aromatic rings.